The third-order valence-electron chi connectivity index (χ3n) is 4.47. The van der Waals surface area contributed by atoms with E-state index in [1.54, 1.807) is 12.1 Å². The molecule has 0 unspecified atom stereocenters. The first-order chi connectivity index (χ1) is 11.4. The van der Waals surface area contributed by atoms with Gasteiger partial charge < -0.3 is 9.64 Å². The summed E-state index contributed by atoms with van der Waals surface area (Å²) in [6.45, 7) is 0.0414. The van der Waals surface area contributed by atoms with E-state index in [4.69, 9.17) is 4.74 Å². The molecule has 0 spiro atoms. The van der Waals surface area contributed by atoms with Crippen molar-refractivity contribution in [2.24, 2.45) is 5.92 Å². The molecule has 24 heavy (non-hydrogen) atoms. The van der Waals surface area contributed by atoms with Crippen LogP contribution < -0.4 is 4.74 Å². The maximum absolute atomic E-state index is 13.0. The van der Waals surface area contributed by atoms with Gasteiger partial charge in [0.1, 0.15) is 5.75 Å². The van der Waals surface area contributed by atoms with Crippen LogP contribution in [0.4, 0.5) is 13.2 Å². The van der Waals surface area contributed by atoms with Gasteiger partial charge in [0, 0.05) is 13.1 Å². The molecule has 2 aromatic rings. The van der Waals surface area contributed by atoms with Crippen LogP contribution in [0.2, 0.25) is 0 Å². The van der Waals surface area contributed by atoms with Gasteiger partial charge in [0.15, 0.2) is 0 Å². The standard InChI is InChI=1S/C18H18F3NO2/c1-24-16-10-13-6-3-2-5-12(13)9-15(16)17(23)22-8-4-7-14(11-22)18(19,20)21/h2-3,5-6,9-10,14H,4,7-8,11H2,1H3/t14-/m1/s1. The lowest BCUT2D eigenvalue weighted by Gasteiger charge is -2.34. The topological polar surface area (TPSA) is 29.5 Å². The summed E-state index contributed by atoms with van der Waals surface area (Å²) in [4.78, 5) is 14.1. The Hall–Kier alpha value is -2.24. The molecule has 1 atom stereocenters. The Bertz CT molecular complexity index is 758. The highest BCUT2D eigenvalue weighted by atomic mass is 19.4. The van der Waals surface area contributed by atoms with Gasteiger partial charge in [-0.15, -0.1) is 0 Å². The average Bonchev–Trinajstić information content (AvgIpc) is 2.59. The molecule has 6 heteroatoms. The number of hydrogen-bond acceptors (Lipinski definition) is 2. The Morgan fingerprint density at radius 1 is 1.21 bits per heavy atom. The van der Waals surface area contributed by atoms with Crippen LogP contribution >= 0.6 is 0 Å². The number of benzene rings is 2. The molecule has 1 fully saturated rings. The fourth-order valence-electron chi connectivity index (χ4n) is 3.15. The molecule has 0 N–H and O–H groups in total. The van der Waals surface area contributed by atoms with Crippen LogP contribution in [0.5, 0.6) is 5.75 Å². The van der Waals surface area contributed by atoms with Crippen molar-refractivity contribution in [3.63, 3.8) is 0 Å². The van der Waals surface area contributed by atoms with Gasteiger partial charge in [-0.2, -0.15) is 13.2 Å². The first kappa shape index (κ1) is 16.6. The van der Waals surface area contributed by atoms with E-state index in [-0.39, 0.29) is 13.0 Å². The molecule has 3 rings (SSSR count). The van der Waals surface area contributed by atoms with E-state index < -0.39 is 18.0 Å². The van der Waals surface area contributed by atoms with Crippen LogP contribution in [0.15, 0.2) is 36.4 Å². The first-order valence-corrected chi connectivity index (χ1v) is 7.83. The van der Waals surface area contributed by atoms with E-state index in [1.165, 1.54) is 12.0 Å². The monoisotopic (exact) mass is 337 g/mol. The van der Waals surface area contributed by atoms with Crippen molar-refractivity contribution in [2.45, 2.75) is 19.0 Å². The highest BCUT2D eigenvalue weighted by Crippen LogP contribution is 2.34. The zero-order chi connectivity index (χ0) is 17.3. The zero-order valence-corrected chi connectivity index (χ0v) is 13.3. The fourth-order valence-corrected chi connectivity index (χ4v) is 3.15. The molecule has 1 heterocycles. The number of alkyl halides is 3. The molecule has 1 aliphatic heterocycles. The lowest BCUT2D eigenvalue weighted by Crippen LogP contribution is -2.44. The molecule has 1 aliphatic rings. The third-order valence-corrected chi connectivity index (χ3v) is 4.47. The quantitative estimate of drug-likeness (QED) is 0.819. The van der Waals surface area contributed by atoms with Crippen molar-refractivity contribution in [3.8, 4) is 5.75 Å². The summed E-state index contributed by atoms with van der Waals surface area (Å²) in [7, 11) is 1.45. The molecule has 0 saturated carbocycles. The van der Waals surface area contributed by atoms with Crippen LogP contribution in [0.3, 0.4) is 0 Å². The number of ether oxygens (including phenoxy) is 1. The second-order valence-corrected chi connectivity index (χ2v) is 6.03. The van der Waals surface area contributed by atoms with Gasteiger partial charge in [-0.05, 0) is 35.7 Å². The Kier molecular flexibility index (Phi) is 4.39. The summed E-state index contributed by atoms with van der Waals surface area (Å²) in [5, 5.41) is 1.77. The minimum Gasteiger partial charge on any atom is -0.496 e. The summed E-state index contributed by atoms with van der Waals surface area (Å²) in [6, 6.07) is 10.9. The van der Waals surface area contributed by atoms with E-state index in [9.17, 15) is 18.0 Å². The molecule has 1 amide bonds. The molecule has 2 aromatic carbocycles. The Balaban J connectivity index is 1.93. The number of fused-ring (bicyclic) bond motifs is 1. The number of methoxy groups -OCH3 is 1. The van der Waals surface area contributed by atoms with Crippen LogP contribution in [0, 0.1) is 5.92 Å². The first-order valence-electron chi connectivity index (χ1n) is 7.83. The molecule has 0 aliphatic carbocycles. The van der Waals surface area contributed by atoms with Gasteiger partial charge in [0.05, 0.1) is 18.6 Å². The maximum Gasteiger partial charge on any atom is 0.393 e. The Morgan fingerprint density at radius 3 is 2.50 bits per heavy atom. The van der Waals surface area contributed by atoms with Gasteiger partial charge in [0.25, 0.3) is 5.91 Å². The maximum atomic E-state index is 13.0. The number of likely N-dealkylation sites (tertiary alicyclic amines) is 1. The molecule has 0 aromatic heterocycles. The van der Waals surface area contributed by atoms with Gasteiger partial charge in [-0.25, -0.2) is 0 Å². The summed E-state index contributed by atoms with van der Waals surface area (Å²) in [5.41, 5.74) is 0.305. The molecule has 0 radical (unpaired) electrons. The van der Waals surface area contributed by atoms with E-state index in [0.717, 1.165) is 10.8 Å². The largest absolute Gasteiger partial charge is 0.496 e. The van der Waals surface area contributed by atoms with Crippen LogP contribution in [0.1, 0.15) is 23.2 Å². The lowest BCUT2D eigenvalue weighted by molar-refractivity contribution is -0.184. The smallest absolute Gasteiger partial charge is 0.393 e. The minimum absolute atomic E-state index is 0.0716. The van der Waals surface area contributed by atoms with E-state index in [1.807, 2.05) is 24.3 Å². The van der Waals surface area contributed by atoms with Crippen LogP contribution in [-0.2, 0) is 0 Å². The number of carbonyl (C=O) groups excluding carboxylic acids is 1. The van der Waals surface area contributed by atoms with Crippen molar-refractivity contribution >= 4 is 16.7 Å². The minimum atomic E-state index is -4.27. The number of nitrogens with zero attached hydrogens (tertiary/aromatic N) is 1. The summed E-state index contributed by atoms with van der Waals surface area (Å²) in [6.07, 6.45) is -3.85. The van der Waals surface area contributed by atoms with Crippen molar-refractivity contribution in [1.82, 2.24) is 4.90 Å². The second kappa shape index (κ2) is 6.34. The van der Waals surface area contributed by atoms with Gasteiger partial charge in [-0.3, -0.25) is 4.79 Å². The molecule has 1 saturated heterocycles. The number of carbonyl (C=O) groups is 1. The Labute approximate surface area is 138 Å². The zero-order valence-electron chi connectivity index (χ0n) is 13.3. The summed E-state index contributed by atoms with van der Waals surface area (Å²) >= 11 is 0. The highest BCUT2D eigenvalue weighted by molar-refractivity contribution is 6.01. The SMILES string of the molecule is COc1cc2ccccc2cc1C(=O)N1CCC[C@@H](C(F)(F)F)C1. The van der Waals surface area contributed by atoms with E-state index in [2.05, 4.69) is 0 Å². The molecule has 3 nitrogen and oxygen atoms in total. The van der Waals surface area contributed by atoms with Crippen LogP contribution in [-0.4, -0.2) is 37.2 Å². The predicted molar refractivity (Wildman–Crippen MR) is 85.2 cm³/mol. The van der Waals surface area contributed by atoms with E-state index in [0.29, 0.717) is 24.3 Å². The van der Waals surface area contributed by atoms with Crippen molar-refractivity contribution in [1.29, 1.82) is 0 Å². The van der Waals surface area contributed by atoms with Gasteiger partial charge in [-0.1, -0.05) is 24.3 Å². The third kappa shape index (κ3) is 3.18. The number of amides is 1. The average molecular weight is 337 g/mol. The highest BCUT2D eigenvalue weighted by Gasteiger charge is 2.43. The van der Waals surface area contributed by atoms with Crippen molar-refractivity contribution < 1.29 is 22.7 Å². The van der Waals surface area contributed by atoms with E-state index >= 15 is 0 Å². The predicted octanol–water partition coefficient (Wildman–Crippen LogP) is 4.26. The van der Waals surface area contributed by atoms with Crippen molar-refractivity contribution in [3.05, 3.63) is 42.0 Å². The fraction of sp³-hybridized carbons (Fsp3) is 0.389. The molecule has 0 bridgehead atoms. The van der Waals surface area contributed by atoms with Crippen LogP contribution in [0.25, 0.3) is 10.8 Å². The summed E-state index contributed by atoms with van der Waals surface area (Å²) in [5.74, 6) is -1.49. The number of hydrogen-bond donors (Lipinski definition) is 0. The number of piperidine rings is 1. The number of rotatable bonds is 2. The van der Waals surface area contributed by atoms with Crippen molar-refractivity contribution in [2.75, 3.05) is 20.2 Å². The lowest BCUT2D eigenvalue weighted by atomic mass is 9.96. The number of halogens is 3. The second-order valence-electron chi connectivity index (χ2n) is 6.03. The Morgan fingerprint density at radius 2 is 1.88 bits per heavy atom. The van der Waals surface area contributed by atoms with Gasteiger partial charge >= 0.3 is 6.18 Å². The summed E-state index contributed by atoms with van der Waals surface area (Å²) < 4.78 is 44.2. The molecular formula is C18H18F3NO2. The van der Waals surface area contributed by atoms with Gasteiger partial charge in [0.2, 0.25) is 0 Å². The molecule has 128 valence electrons. The normalized spacial score (nSPS) is 18.7. The molecular weight excluding hydrogens is 319 g/mol.